The van der Waals surface area contributed by atoms with Crippen LogP contribution in [0.1, 0.15) is 16.7 Å². The zero-order valence-corrected chi connectivity index (χ0v) is 18.0. The third-order valence-electron chi connectivity index (χ3n) is 5.16. The SMILES string of the molecule is Cc1cn(-c2ccc(C#Cc3ccc([Si](C)(C)C)cc3)cc2)c2ccccc12. The molecule has 0 unspecified atom stereocenters. The standard InChI is InChI=1S/C26H25NSi/c1-20-19-27(26-8-6-5-7-25(20)26)23-15-11-21(12-16-23)9-10-22-13-17-24(18-14-22)28(2,3)4/h5-8,11-19H,1-4H3. The molecule has 0 aliphatic heterocycles. The van der Waals surface area contributed by atoms with E-state index in [1.54, 1.807) is 0 Å². The molecule has 2 heteroatoms. The summed E-state index contributed by atoms with van der Waals surface area (Å²) in [5.41, 5.74) is 5.79. The van der Waals surface area contributed by atoms with Gasteiger partial charge in [0.05, 0.1) is 13.6 Å². The van der Waals surface area contributed by atoms with E-state index >= 15 is 0 Å². The van der Waals surface area contributed by atoms with E-state index in [9.17, 15) is 0 Å². The lowest BCUT2D eigenvalue weighted by molar-refractivity contribution is 1.12. The fraction of sp³-hybridized carbons (Fsp3) is 0.154. The number of rotatable bonds is 2. The minimum absolute atomic E-state index is 1.03. The summed E-state index contributed by atoms with van der Waals surface area (Å²) < 4.78 is 2.25. The number of nitrogens with zero attached hydrogens (tertiary/aromatic N) is 1. The van der Waals surface area contributed by atoms with Gasteiger partial charge in [-0.25, -0.2) is 0 Å². The largest absolute Gasteiger partial charge is 0.316 e. The lowest BCUT2D eigenvalue weighted by Gasteiger charge is -2.15. The van der Waals surface area contributed by atoms with Gasteiger partial charge in [0, 0.05) is 28.4 Å². The molecule has 4 aromatic rings. The van der Waals surface area contributed by atoms with E-state index in [1.165, 1.54) is 21.7 Å². The van der Waals surface area contributed by atoms with Crippen molar-refractivity contribution in [3.05, 3.63) is 95.7 Å². The molecule has 0 bridgehead atoms. The minimum Gasteiger partial charge on any atom is -0.316 e. The Morgan fingerprint density at radius 2 is 1.29 bits per heavy atom. The summed E-state index contributed by atoms with van der Waals surface area (Å²) in [5.74, 6) is 6.58. The summed E-state index contributed by atoms with van der Waals surface area (Å²) in [6.45, 7) is 9.26. The fourth-order valence-electron chi connectivity index (χ4n) is 3.47. The van der Waals surface area contributed by atoms with Crippen molar-refractivity contribution >= 4 is 24.2 Å². The Hall–Kier alpha value is -3.02. The molecule has 0 atom stereocenters. The molecule has 4 rings (SSSR count). The summed E-state index contributed by atoms with van der Waals surface area (Å²) in [4.78, 5) is 0. The first-order chi connectivity index (χ1) is 13.4. The van der Waals surface area contributed by atoms with Gasteiger partial charge < -0.3 is 4.57 Å². The van der Waals surface area contributed by atoms with E-state index in [1.807, 2.05) is 0 Å². The topological polar surface area (TPSA) is 4.93 Å². The molecule has 0 fully saturated rings. The number of aryl methyl sites for hydroxylation is 1. The molecule has 0 saturated heterocycles. The van der Waals surface area contributed by atoms with Crippen molar-refractivity contribution in [2.45, 2.75) is 26.6 Å². The molecule has 1 aromatic heterocycles. The maximum atomic E-state index is 3.29. The highest BCUT2D eigenvalue weighted by Gasteiger charge is 2.15. The maximum absolute atomic E-state index is 3.29. The smallest absolute Gasteiger partial charge is 0.0775 e. The van der Waals surface area contributed by atoms with Crippen LogP contribution in [-0.2, 0) is 0 Å². The van der Waals surface area contributed by atoms with E-state index in [-0.39, 0.29) is 0 Å². The number of para-hydroxylation sites is 1. The summed E-state index contributed by atoms with van der Waals surface area (Å²) >= 11 is 0. The van der Waals surface area contributed by atoms with Crippen LogP contribution in [0.4, 0.5) is 0 Å². The van der Waals surface area contributed by atoms with Gasteiger partial charge in [-0.2, -0.15) is 0 Å². The summed E-state index contributed by atoms with van der Waals surface area (Å²) in [6.07, 6.45) is 2.20. The van der Waals surface area contributed by atoms with Crippen molar-refractivity contribution in [2.24, 2.45) is 0 Å². The first kappa shape index (κ1) is 18.3. The molecular formula is C26H25NSi. The Morgan fingerprint density at radius 1 is 0.714 bits per heavy atom. The maximum Gasteiger partial charge on any atom is 0.0775 e. The molecule has 3 aromatic carbocycles. The molecule has 138 valence electrons. The van der Waals surface area contributed by atoms with Crippen LogP contribution < -0.4 is 5.19 Å². The van der Waals surface area contributed by atoms with Crippen molar-refractivity contribution in [1.82, 2.24) is 4.57 Å². The van der Waals surface area contributed by atoms with E-state index in [0.29, 0.717) is 0 Å². The van der Waals surface area contributed by atoms with Gasteiger partial charge in [-0.1, -0.05) is 67.0 Å². The number of hydrogen-bond acceptors (Lipinski definition) is 0. The quantitative estimate of drug-likeness (QED) is 0.302. The normalized spacial score (nSPS) is 11.3. The van der Waals surface area contributed by atoms with E-state index in [0.717, 1.165) is 16.8 Å². The lowest BCUT2D eigenvalue weighted by atomic mass is 10.1. The Kier molecular flexibility index (Phi) is 4.71. The Morgan fingerprint density at radius 3 is 1.89 bits per heavy atom. The highest BCUT2D eigenvalue weighted by atomic mass is 28.3. The molecule has 28 heavy (non-hydrogen) atoms. The van der Waals surface area contributed by atoms with Gasteiger partial charge in [0.15, 0.2) is 0 Å². The second-order valence-corrected chi connectivity index (χ2v) is 13.4. The third kappa shape index (κ3) is 3.67. The molecule has 0 spiro atoms. The molecule has 0 aliphatic carbocycles. The van der Waals surface area contributed by atoms with Crippen molar-refractivity contribution < 1.29 is 0 Å². The zero-order chi connectivity index (χ0) is 19.7. The molecule has 0 N–H and O–H groups in total. The van der Waals surface area contributed by atoms with Gasteiger partial charge in [-0.05, 0) is 55.0 Å². The van der Waals surface area contributed by atoms with Gasteiger partial charge >= 0.3 is 0 Å². The molecule has 0 radical (unpaired) electrons. The first-order valence-corrected chi connectivity index (χ1v) is 13.2. The predicted octanol–water partition coefficient (Wildman–Crippen LogP) is 5.88. The average Bonchev–Trinajstić information content (AvgIpc) is 3.03. The van der Waals surface area contributed by atoms with Crippen molar-refractivity contribution in [3.8, 4) is 17.5 Å². The van der Waals surface area contributed by atoms with Crippen LogP contribution in [0.15, 0.2) is 79.0 Å². The highest BCUT2D eigenvalue weighted by molar-refractivity contribution is 6.88. The lowest BCUT2D eigenvalue weighted by Crippen LogP contribution is -2.37. The van der Waals surface area contributed by atoms with Crippen molar-refractivity contribution in [2.75, 3.05) is 0 Å². The molecule has 0 amide bonds. The average molecular weight is 380 g/mol. The minimum atomic E-state index is -1.25. The molecular weight excluding hydrogens is 354 g/mol. The second kappa shape index (κ2) is 7.18. The van der Waals surface area contributed by atoms with Crippen LogP contribution in [0.25, 0.3) is 16.6 Å². The Balaban J connectivity index is 1.58. The number of aromatic nitrogens is 1. The van der Waals surface area contributed by atoms with Crippen LogP contribution in [0.3, 0.4) is 0 Å². The summed E-state index contributed by atoms with van der Waals surface area (Å²) in [6, 6.07) is 25.8. The van der Waals surface area contributed by atoms with E-state index in [4.69, 9.17) is 0 Å². The monoisotopic (exact) mass is 379 g/mol. The van der Waals surface area contributed by atoms with Gasteiger partial charge in [-0.3, -0.25) is 0 Å². The predicted molar refractivity (Wildman–Crippen MR) is 123 cm³/mol. The number of benzene rings is 3. The second-order valence-electron chi connectivity index (χ2n) is 8.32. The molecule has 0 saturated carbocycles. The first-order valence-electron chi connectivity index (χ1n) is 9.71. The van der Waals surface area contributed by atoms with Crippen LogP contribution in [0.5, 0.6) is 0 Å². The van der Waals surface area contributed by atoms with E-state index < -0.39 is 8.07 Å². The van der Waals surface area contributed by atoms with E-state index in [2.05, 4.69) is 122 Å². The molecule has 0 aliphatic rings. The van der Waals surface area contributed by atoms with Crippen LogP contribution >= 0.6 is 0 Å². The third-order valence-corrected chi connectivity index (χ3v) is 7.22. The summed E-state index contributed by atoms with van der Waals surface area (Å²) in [5, 5.41) is 2.77. The molecule has 1 heterocycles. The van der Waals surface area contributed by atoms with Gasteiger partial charge in [-0.15, -0.1) is 0 Å². The number of hydrogen-bond donors (Lipinski definition) is 0. The van der Waals surface area contributed by atoms with Crippen LogP contribution in [0, 0.1) is 18.8 Å². The van der Waals surface area contributed by atoms with Crippen molar-refractivity contribution in [1.29, 1.82) is 0 Å². The highest BCUT2D eigenvalue weighted by Crippen LogP contribution is 2.24. The number of fused-ring (bicyclic) bond motifs is 1. The molecule has 1 nitrogen and oxygen atoms in total. The Bertz CT molecular complexity index is 1180. The van der Waals surface area contributed by atoms with Gasteiger partial charge in [0.1, 0.15) is 0 Å². The van der Waals surface area contributed by atoms with Crippen LogP contribution in [-0.4, -0.2) is 12.6 Å². The Labute approximate surface area is 168 Å². The van der Waals surface area contributed by atoms with Crippen molar-refractivity contribution in [3.63, 3.8) is 0 Å². The van der Waals surface area contributed by atoms with Crippen LogP contribution in [0.2, 0.25) is 19.6 Å². The fourth-order valence-corrected chi connectivity index (χ4v) is 4.63. The zero-order valence-electron chi connectivity index (χ0n) is 17.0. The van der Waals surface area contributed by atoms with Gasteiger partial charge in [0.25, 0.3) is 0 Å². The van der Waals surface area contributed by atoms with Gasteiger partial charge in [0.2, 0.25) is 0 Å². The summed E-state index contributed by atoms with van der Waals surface area (Å²) in [7, 11) is -1.25.